The van der Waals surface area contributed by atoms with Crippen molar-refractivity contribution < 1.29 is 21.6 Å². The third kappa shape index (κ3) is 8.01. The molecule has 0 saturated carbocycles. The zero-order valence-electron chi connectivity index (χ0n) is 12.8. The summed E-state index contributed by atoms with van der Waals surface area (Å²) in [5.74, 6) is 0. The van der Waals surface area contributed by atoms with Crippen LogP contribution < -0.4 is 10.5 Å². The first-order valence-electron chi connectivity index (χ1n) is 7.06. The van der Waals surface area contributed by atoms with E-state index in [2.05, 4.69) is 4.72 Å². The highest BCUT2D eigenvalue weighted by Crippen LogP contribution is 2.22. The van der Waals surface area contributed by atoms with E-state index in [0.29, 0.717) is 6.42 Å². The molecule has 0 heterocycles. The van der Waals surface area contributed by atoms with E-state index < -0.39 is 22.6 Å². The fourth-order valence-corrected chi connectivity index (χ4v) is 3.26. The number of sulfonamides is 1. The number of hydrogen-bond donors (Lipinski definition) is 2. The number of hydrogen-bond acceptors (Lipinski definition) is 3. The second-order valence-electron chi connectivity index (χ2n) is 5.13. The summed E-state index contributed by atoms with van der Waals surface area (Å²) in [6.07, 6.45) is -3.01. The normalized spacial score (nSPS) is 13.4. The van der Waals surface area contributed by atoms with Crippen LogP contribution in [0.2, 0.25) is 0 Å². The van der Waals surface area contributed by atoms with Gasteiger partial charge >= 0.3 is 6.18 Å². The van der Waals surface area contributed by atoms with Gasteiger partial charge in [-0.2, -0.15) is 13.2 Å². The number of nitrogens with two attached hydrogens (primary N) is 1. The van der Waals surface area contributed by atoms with Crippen LogP contribution in [-0.4, -0.2) is 27.2 Å². The van der Waals surface area contributed by atoms with E-state index in [-0.39, 0.29) is 35.5 Å². The molecule has 0 saturated heterocycles. The minimum Gasteiger partial charge on any atom is -0.329 e. The van der Waals surface area contributed by atoms with E-state index in [1.165, 1.54) is 24.3 Å². The van der Waals surface area contributed by atoms with E-state index in [1.54, 1.807) is 0 Å². The molecule has 0 radical (unpaired) electrons. The number of unbranched alkanes of at least 4 members (excludes halogenated alkanes) is 1. The quantitative estimate of drug-likeness (QED) is 0.734. The average Bonchev–Trinajstić information content (AvgIpc) is 2.42. The summed E-state index contributed by atoms with van der Waals surface area (Å²) >= 11 is 0. The molecule has 0 spiro atoms. The molecule has 1 aromatic carbocycles. The van der Waals surface area contributed by atoms with Gasteiger partial charge in [0, 0.05) is 12.6 Å². The van der Waals surface area contributed by atoms with E-state index in [9.17, 15) is 21.6 Å². The first-order chi connectivity index (χ1) is 10.2. The molecule has 0 fully saturated rings. The molecule has 1 unspecified atom stereocenters. The molecular formula is C14H22ClF3N2O2S. The fourth-order valence-electron chi connectivity index (χ4n) is 1.98. The number of halogens is 4. The molecule has 1 rings (SSSR count). The lowest BCUT2D eigenvalue weighted by Crippen LogP contribution is -2.40. The molecule has 0 aliphatic carbocycles. The third-order valence-corrected chi connectivity index (χ3v) is 4.69. The molecule has 1 aromatic rings. The Labute approximate surface area is 141 Å². The zero-order valence-corrected chi connectivity index (χ0v) is 14.4. The lowest BCUT2D eigenvalue weighted by Gasteiger charge is -2.16. The number of nitrogens with one attached hydrogen (secondary N) is 1. The van der Waals surface area contributed by atoms with Gasteiger partial charge in [0.1, 0.15) is 0 Å². The highest BCUT2D eigenvalue weighted by Gasteiger charge is 2.27. The molecule has 0 aromatic heterocycles. The smallest absolute Gasteiger partial charge is 0.329 e. The van der Waals surface area contributed by atoms with Gasteiger partial charge in [-0.1, -0.05) is 31.9 Å². The highest BCUT2D eigenvalue weighted by atomic mass is 35.5. The van der Waals surface area contributed by atoms with Gasteiger partial charge in [0.15, 0.2) is 0 Å². The van der Waals surface area contributed by atoms with Gasteiger partial charge in [-0.15, -0.1) is 12.4 Å². The van der Waals surface area contributed by atoms with E-state index in [4.69, 9.17) is 5.73 Å². The Morgan fingerprint density at radius 3 is 2.22 bits per heavy atom. The standard InChI is InChI=1S/C14H21F3N2O2S.ClH/c1-2-3-4-12(10-18)19-22(20,21)13-7-5-11(6-8-13)9-14(15,16)17;/h5-8,12,19H,2-4,9-10,18H2,1H3;1H. The molecule has 134 valence electrons. The molecule has 1 atom stereocenters. The van der Waals surface area contributed by atoms with E-state index >= 15 is 0 Å². The van der Waals surface area contributed by atoms with Gasteiger partial charge in [0.2, 0.25) is 10.0 Å². The van der Waals surface area contributed by atoms with Crippen molar-refractivity contribution in [3.05, 3.63) is 29.8 Å². The molecule has 23 heavy (non-hydrogen) atoms. The Morgan fingerprint density at radius 2 is 1.78 bits per heavy atom. The van der Waals surface area contributed by atoms with Gasteiger partial charge < -0.3 is 5.73 Å². The Bertz CT molecular complexity index is 562. The van der Waals surface area contributed by atoms with Crippen molar-refractivity contribution in [2.45, 2.75) is 49.7 Å². The first kappa shape index (κ1) is 22.2. The van der Waals surface area contributed by atoms with Gasteiger partial charge in [-0.05, 0) is 24.1 Å². The van der Waals surface area contributed by atoms with Crippen molar-refractivity contribution in [2.24, 2.45) is 5.73 Å². The van der Waals surface area contributed by atoms with Gasteiger partial charge in [-0.25, -0.2) is 13.1 Å². The zero-order chi connectivity index (χ0) is 16.8. The van der Waals surface area contributed by atoms with Crippen LogP contribution in [0.1, 0.15) is 31.7 Å². The van der Waals surface area contributed by atoms with Crippen LogP contribution in [0, 0.1) is 0 Å². The van der Waals surface area contributed by atoms with Crippen LogP contribution in [0.25, 0.3) is 0 Å². The van der Waals surface area contributed by atoms with Crippen LogP contribution in [0.4, 0.5) is 13.2 Å². The molecule has 0 amide bonds. The van der Waals surface area contributed by atoms with Crippen LogP contribution in [0.5, 0.6) is 0 Å². The van der Waals surface area contributed by atoms with Crippen molar-refractivity contribution in [3.63, 3.8) is 0 Å². The Balaban J connectivity index is 0.00000484. The minimum absolute atomic E-state index is 0. The van der Waals surface area contributed by atoms with Gasteiger partial charge in [0.25, 0.3) is 0 Å². The van der Waals surface area contributed by atoms with E-state index in [1.807, 2.05) is 6.92 Å². The highest BCUT2D eigenvalue weighted by molar-refractivity contribution is 7.89. The molecular weight excluding hydrogens is 353 g/mol. The summed E-state index contributed by atoms with van der Waals surface area (Å²) in [4.78, 5) is -0.0617. The third-order valence-electron chi connectivity index (χ3n) is 3.15. The van der Waals surface area contributed by atoms with Crippen molar-refractivity contribution in [2.75, 3.05) is 6.54 Å². The maximum absolute atomic E-state index is 12.3. The van der Waals surface area contributed by atoms with Crippen molar-refractivity contribution in [3.8, 4) is 0 Å². The molecule has 0 aliphatic rings. The second-order valence-corrected chi connectivity index (χ2v) is 6.85. The Kier molecular flexibility index (Phi) is 9.12. The van der Waals surface area contributed by atoms with Crippen LogP contribution in [-0.2, 0) is 16.4 Å². The van der Waals surface area contributed by atoms with Crippen molar-refractivity contribution in [1.29, 1.82) is 0 Å². The summed E-state index contributed by atoms with van der Waals surface area (Å²) in [6, 6.07) is 4.32. The second kappa shape index (κ2) is 9.46. The summed E-state index contributed by atoms with van der Waals surface area (Å²) in [7, 11) is -3.77. The Morgan fingerprint density at radius 1 is 1.22 bits per heavy atom. The van der Waals surface area contributed by atoms with Gasteiger partial charge in [0.05, 0.1) is 11.3 Å². The fraction of sp³-hybridized carbons (Fsp3) is 0.571. The van der Waals surface area contributed by atoms with Crippen LogP contribution >= 0.6 is 12.4 Å². The number of alkyl halides is 3. The first-order valence-corrected chi connectivity index (χ1v) is 8.54. The molecule has 0 aliphatic heterocycles. The SMILES string of the molecule is CCCCC(CN)NS(=O)(=O)c1ccc(CC(F)(F)F)cc1.Cl. The lowest BCUT2D eigenvalue weighted by atomic mass is 10.1. The monoisotopic (exact) mass is 374 g/mol. The largest absolute Gasteiger partial charge is 0.393 e. The molecule has 0 bridgehead atoms. The minimum atomic E-state index is -4.32. The molecule has 3 N–H and O–H groups in total. The summed E-state index contributed by atoms with van der Waals surface area (Å²) in [5, 5.41) is 0. The number of benzene rings is 1. The lowest BCUT2D eigenvalue weighted by molar-refractivity contribution is -0.127. The molecule has 4 nitrogen and oxygen atoms in total. The topological polar surface area (TPSA) is 72.2 Å². The average molecular weight is 375 g/mol. The predicted molar refractivity (Wildman–Crippen MR) is 86.1 cm³/mol. The maximum Gasteiger partial charge on any atom is 0.393 e. The van der Waals surface area contributed by atoms with Crippen molar-refractivity contribution >= 4 is 22.4 Å². The Hall–Kier alpha value is -0.830. The number of rotatable bonds is 8. The predicted octanol–water partition coefficient (Wildman–Crippen LogP) is 3.01. The maximum atomic E-state index is 12.3. The summed E-state index contributed by atoms with van der Waals surface area (Å²) in [6.45, 7) is 2.16. The van der Waals surface area contributed by atoms with E-state index in [0.717, 1.165) is 12.8 Å². The summed E-state index contributed by atoms with van der Waals surface area (Å²) in [5.41, 5.74) is 5.56. The molecule has 9 heteroatoms. The van der Waals surface area contributed by atoms with Gasteiger partial charge in [-0.3, -0.25) is 0 Å². The van der Waals surface area contributed by atoms with Crippen molar-refractivity contribution in [1.82, 2.24) is 4.72 Å². The van der Waals surface area contributed by atoms with Crippen LogP contribution in [0.3, 0.4) is 0 Å². The summed E-state index contributed by atoms with van der Waals surface area (Å²) < 4.78 is 63.6. The van der Waals surface area contributed by atoms with Crippen LogP contribution in [0.15, 0.2) is 29.2 Å².